The Labute approximate surface area is 137 Å². The largest absolute Gasteiger partial charge is 0.483 e. The Morgan fingerprint density at radius 3 is 1.96 bits per heavy atom. The topological polar surface area (TPSA) is 66.4 Å². The van der Waals surface area contributed by atoms with E-state index in [1.807, 2.05) is 27.7 Å². The third-order valence-corrected chi connectivity index (χ3v) is 3.16. The minimum Gasteiger partial charge on any atom is -0.483 e. The summed E-state index contributed by atoms with van der Waals surface area (Å²) in [7, 11) is 0. The quantitative estimate of drug-likeness (QED) is 0.769. The van der Waals surface area contributed by atoms with E-state index < -0.39 is 0 Å². The number of rotatable bonds is 1. The fourth-order valence-electron chi connectivity index (χ4n) is 1.73. The van der Waals surface area contributed by atoms with Crippen molar-refractivity contribution in [1.82, 2.24) is 5.32 Å². The molecule has 1 aliphatic heterocycles. The Morgan fingerprint density at radius 1 is 1.30 bits per heavy atom. The zero-order valence-electron chi connectivity index (χ0n) is 14.6. The second-order valence-corrected chi connectivity index (χ2v) is 4.82. The van der Waals surface area contributed by atoms with Crippen molar-refractivity contribution >= 4 is 12.3 Å². The highest BCUT2D eigenvalue weighted by Gasteiger charge is 2.32. The van der Waals surface area contributed by atoms with E-state index in [9.17, 15) is 9.18 Å². The van der Waals surface area contributed by atoms with Gasteiger partial charge in [-0.1, -0.05) is 31.5 Å². The molecule has 0 aliphatic carbocycles. The van der Waals surface area contributed by atoms with Gasteiger partial charge in [0.25, 0.3) is 6.47 Å². The Morgan fingerprint density at radius 2 is 1.74 bits per heavy atom. The average Bonchev–Trinajstić information content (AvgIpc) is 2.94. The molecule has 1 atom stereocenters. The van der Waals surface area contributed by atoms with Crippen LogP contribution < -0.4 is 5.32 Å². The number of carbonyl (C=O) groups is 2. The van der Waals surface area contributed by atoms with E-state index in [0.29, 0.717) is 0 Å². The average molecular weight is 333 g/mol. The maximum atomic E-state index is 12.1. The van der Waals surface area contributed by atoms with Crippen molar-refractivity contribution in [2.45, 2.75) is 53.0 Å². The Hall–Kier alpha value is -1.82. The second-order valence-electron chi connectivity index (χ2n) is 4.82. The van der Waals surface area contributed by atoms with Crippen LogP contribution in [0.3, 0.4) is 0 Å². The van der Waals surface area contributed by atoms with Crippen LogP contribution in [0.4, 0.5) is 9.09 Å². The molecule has 6 heteroatoms. The van der Waals surface area contributed by atoms with Crippen LogP contribution in [-0.2, 0) is 9.59 Å². The van der Waals surface area contributed by atoms with Gasteiger partial charge in [-0.05, 0) is 52.3 Å². The summed E-state index contributed by atoms with van der Waals surface area (Å²) >= 11 is 0. The van der Waals surface area contributed by atoms with Gasteiger partial charge in [-0.2, -0.15) is 0 Å². The molecule has 1 aromatic carbocycles. The van der Waals surface area contributed by atoms with Crippen LogP contribution in [0.1, 0.15) is 46.1 Å². The lowest BCUT2D eigenvalue weighted by molar-refractivity contribution is -0.123. The van der Waals surface area contributed by atoms with Crippen molar-refractivity contribution in [3.63, 3.8) is 0 Å². The van der Waals surface area contributed by atoms with Gasteiger partial charge in [-0.15, -0.1) is 0 Å². The molecule has 1 saturated heterocycles. The number of hydrogen-bond donors (Lipinski definition) is 2. The second kappa shape index (κ2) is 15.1. The van der Waals surface area contributed by atoms with Crippen molar-refractivity contribution in [2.75, 3.05) is 6.54 Å². The van der Waals surface area contributed by atoms with Crippen LogP contribution in [0.15, 0.2) is 24.3 Å². The normalized spacial score (nSPS) is 17.7. The first-order chi connectivity index (χ1) is 10.4. The van der Waals surface area contributed by atoms with Gasteiger partial charge < -0.3 is 10.4 Å². The summed E-state index contributed by atoms with van der Waals surface area (Å²) in [5.41, 5.74) is 0.895. The highest BCUT2D eigenvalue weighted by molar-refractivity contribution is 5.85. The van der Waals surface area contributed by atoms with Gasteiger partial charge in [0.2, 0.25) is 0 Å². The number of carbonyl (C=O) groups excluding carboxylic acids is 1. The SMILES string of the molecule is CC.CC(=O)C1(C)CCCN1.Cc1ccc(F)cc1.F.O=CO. The molecule has 1 aliphatic rings. The summed E-state index contributed by atoms with van der Waals surface area (Å²) in [4.78, 5) is 19.3. The molecule has 1 heterocycles. The number of ketones is 1. The van der Waals surface area contributed by atoms with E-state index in [1.54, 1.807) is 19.1 Å². The van der Waals surface area contributed by atoms with Crippen molar-refractivity contribution in [1.29, 1.82) is 0 Å². The first-order valence-corrected chi connectivity index (χ1v) is 7.42. The monoisotopic (exact) mass is 333 g/mol. The van der Waals surface area contributed by atoms with Crippen LogP contribution >= 0.6 is 0 Å². The lowest BCUT2D eigenvalue weighted by Gasteiger charge is -2.19. The number of nitrogens with one attached hydrogen (secondary N) is 1. The molecule has 4 nitrogen and oxygen atoms in total. The van der Waals surface area contributed by atoms with E-state index in [1.165, 1.54) is 12.1 Å². The Bertz CT molecular complexity index is 395. The van der Waals surface area contributed by atoms with E-state index in [4.69, 9.17) is 9.90 Å². The molecule has 0 radical (unpaired) electrons. The highest BCUT2D eigenvalue weighted by Crippen LogP contribution is 2.18. The fraction of sp³-hybridized carbons (Fsp3) is 0.529. The fourth-order valence-corrected chi connectivity index (χ4v) is 1.73. The van der Waals surface area contributed by atoms with E-state index >= 15 is 0 Å². The number of benzene rings is 1. The molecule has 0 aromatic heterocycles. The first kappa shape index (κ1) is 26.1. The highest BCUT2D eigenvalue weighted by atomic mass is 19.1. The molecule has 1 fully saturated rings. The zero-order chi connectivity index (χ0) is 17.6. The molecular formula is C17H29F2NO3. The van der Waals surface area contributed by atoms with Gasteiger partial charge in [0.05, 0.1) is 5.54 Å². The third kappa shape index (κ3) is 12.4. The summed E-state index contributed by atoms with van der Waals surface area (Å²) in [5.74, 6) is 0.0931. The number of hydrogen-bond acceptors (Lipinski definition) is 3. The van der Waals surface area contributed by atoms with Gasteiger partial charge in [0.1, 0.15) is 11.6 Å². The summed E-state index contributed by atoms with van der Waals surface area (Å²) in [6, 6.07) is 6.40. The van der Waals surface area contributed by atoms with Crippen LogP contribution in [0.25, 0.3) is 0 Å². The standard InChI is InChI=1S/C7H7F.C7H13NO.C2H6.CH2O2.FH/c1-6-2-4-7(8)5-3-6;1-6(9)7(2)4-3-5-8-7;1-2;2-1-3;/h2-5H,1H3;8H,3-5H2,1-2H3;1-2H3;1H,(H,2,3);1H. The summed E-state index contributed by atoms with van der Waals surface area (Å²) < 4.78 is 12.1. The summed E-state index contributed by atoms with van der Waals surface area (Å²) in [6.45, 7) is 10.3. The van der Waals surface area contributed by atoms with Gasteiger partial charge >= 0.3 is 0 Å². The molecule has 2 N–H and O–H groups in total. The first-order valence-electron chi connectivity index (χ1n) is 7.42. The Balaban J connectivity index is -0.000000265. The summed E-state index contributed by atoms with van der Waals surface area (Å²) in [6.07, 6.45) is 2.14. The predicted molar refractivity (Wildman–Crippen MR) is 90.0 cm³/mol. The number of carboxylic acid groups (broad SMARTS) is 1. The van der Waals surface area contributed by atoms with E-state index in [2.05, 4.69) is 5.32 Å². The van der Waals surface area contributed by atoms with Crippen LogP contribution in [0, 0.1) is 12.7 Å². The van der Waals surface area contributed by atoms with Crippen molar-refractivity contribution in [2.24, 2.45) is 0 Å². The molecule has 134 valence electrons. The van der Waals surface area contributed by atoms with Gasteiger partial charge in [-0.25, -0.2) is 4.39 Å². The third-order valence-electron chi connectivity index (χ3n) is 3.16. The summed E-state index contributed by atoms with van der Waals surface area (Å²) in [5, 5.41) is 10.1. The van der Waals surface area contributed by atoms with E-state index in [-0.39, 0.29) is 28.3 Å². The lowest BCUT2D eigenvalue weighted by Crippen LogP contribution is -2.42. The zero-order valence-corrected chi connectivity index (χ0v) is 14.6. The molecule has 1 unspecified atom stereocenters. The molecule has 2 rings (SSSR count). The maximum Gasteiger partial charge on any atom is 0.290 e. The number of Topliss-reactive ketones (excluding diaryl/α,β-unsaturated/α-hetero) is 1. The van der Waals surface area contributed by atoms with Crippen molar-refractivity contribution < 1.29 is 23.8 Å². The number of halogens is 2. The van der Waals surface area contributed by atoms with Crippen molar-refractivity contribution in [3.8, 4) is 0 Å². The predicted octanol–water partition coefficient (Wildman–Crippen LogP) is 3.73. The lowest BCUT2D eigenvalue weighted by atomic mass is 9.96. The van der Waals surface area contributed by atoms with Crippen LogP contribution in [-0.4, -0.2) is 29.4 Å². The molecule has 0 amide bonds. The van der Waals surface area contributed by atoms with Gasteiger partial charge in [0.15, 0.2) is 0 Å². The van der Waals surface area contributed by atoms with Crippen LogP contribution in [0.5, 0.6) is 0 Å². The maximum absolute atomic E-state index is 12.1. The van der Waals surface area contributed by atoms with E-state index in [0.717, 1.165) is 24.9 Å². The smallest absolute Gasteiger partial charge is 0.290 e. The number of aryl methyl sites for hydroxylation is 1. The minimum atomic E-state index is -0.250. The molecule has 0 spiro atoms. The molecule has 0 bridgehead atoms. The Kier molecular flexibility index (Phi) is 17.1. The minimum absolute atomic E-state index is 0. The molecule has 0 saturated carbocycles. The van der Waals surface area contributed by atoms with Crippen molar-refractivity contribution in [3.05, 3.63) is 35.6 Å². The molecule has 1 aromatic rings. The molecule has 23 heavy (non-hydrogen) atoms. The van der Waals surface area contributed by atoms with Gasteiger partial charge in [0, 0.05) is 0 Å². The molecular weight excluding hydrogens is 304 g/mol. The van der Waals surface area contributed by atoms with Gasteiger partial charge in [-0.3, -0.25) is 14.3 Å². The van der Waals surface area contributed by atoms with Crippen LogP contribution in [0.2, 0.25) is 0 Å².